The molecule has 4 heteroatoms. The molecule has 0 unspecified atom stereocenters. The molecule has 1 N–H and O–H groups in total. The minimum Gasteiger partial charge on any atom is -0.313 e. The number of aryl methyl sites for hydroxylation is 1. The number of unbranched alkanes of at least 4 members (excludes halogenated alkanes) is 2. The van der Waals surface area contributed by atoms with Gasteiger partial charge >= 0.3 is 0 Å². The van der Waals surface area contributed by atoms with E-state index in [1.54, 1.807) is 11.3 Å². The molecule has 0 radical (unpaired) electrons. The van der Waals surface area contributed by atoms with Crippen LogP contribution in [-0.2, 0) is 6.42 Å². The van der Waals surface area contributed by atoms with Gasteiger partial charge in [-0.05, 0) is 18.9 Å². The van der Waals surface area contributed by atoms with Crippen LogP contribution in [0.3, 0.4) is 0 Å². The quantitative estimate of drug-likeness (QED) is 0.808. The second-order valence-corrected chi connectivity index (χ2v) is 4.74. The van der Waals surface area contributed by atoms with Crippen molar-refractivity contribution in [3.8, 4) is 0 Å². The number of fused-ring (bicyclic) bond motifs is 1. The molecule has 0 fully saturated rings. The average molecular weight is 222 g/mol. The van der Waals surface area contributed by atoms with Gasteiger partial charge in [0.05, 0.1) is 11.7 Å². The predicted molar refractivity (Wildman–Crippen MR) is 63.5 cm³/mol. The summed E-state index contributed by atoms with van der Waals surface area (Å²) in [5.74, 6) is 0. The number of hydrogen-bond donors (Lipinski definition) is 1. The first-order valence-corrected chi connectivity index (χ1v) is 6.09. The number of rotatable bonds is 4. The number of thiophene rings is 1. The van der Waals surface area contributed by atoms with Crippen molar-refractivity contribution in [3.63, 3.8) is 0 Å². The van der Waals surface area contributed by atoms with E-state index in [-0.39, 0.29) is 5.56 Å². The lowest BCUT2D eigenvalue weighted by atomic mass is 10.2. The monoisotopic (exact) mass is 222 g/mol. The third-order valence-corrected chi connectivity index (χ3v) is 3.52. The second kappa shape index (κ2) is 4.57. The Bertz CT molecular complexity index is 501. The highest BCUT2D eigenvalue weighted by molar-refractivity contribution is 7.18. The van der Waals surface area contributed by atoms with Crippen LogP contribution in [-0.4, -0.2) is 9.97 Å². The van der Waals surface area contributed by atoms with E-state index in [1.165, 1.54) is 30.5 Å². The molecule has 0 bridgehead atoms. The Kier molecular flexibility index (Phi) is 3.16. The van der Waals surface area contributed by atoms with Gasteiger partial charge in [-0.25, -0.2) is 4.98 Å². The van der Waals surface area contributed by atoms with Crippen molar-refractivity contribution in [1.82, 2.24) is 9.97 Å². The fourth-order valence-corrected chi connectivity index (χ4v) is 2.63. The zero-order chi connectivity index (χ0) is 10.7. The van der Waals surface area contributed by atoms with E-state index in [9.17, 15) is 4.79 Å². The highest BCUT2D eigenvalue weighted by Crippen LogP contribution is 2.22. The number of aromatic amines is 1. The zero-order valence-corrected chi connectivity index (χ0v) is 9.56. The summed E-state index contributed by atoms with van der Waals surface area (Å²) < 4.78 is 0. The van der Waals surface area contributed by atoms with Crippen LogP contribution in [0.4, 0.5) is 0 Å². The fourth-order valence-electron chi connectivity index (χ4n) is 1.59. The Morgan fingerprint density at radius 3 is 3.07 bits per heavy atom. The van der Waals surface area contributed by atoms with Gasteiger partial charge in [0.25, 0.3) is 5.56 Å². The van der Waals surface area contributed by atoms with Gasteiger partial charge in [-0.1, -0.05) is 19.8 Å². The molecule has 0 saturated carbocycles. The maximum atomic E-state index is 11.4. The van der Waals surface area contributed by atoms with Gasteiger partial charge in [-0.15, -0.1) is 11.3 Å². The van der Waals surface area contributed by atoms with Crippen molar-refractivity contribution in [2.24, 2.45) is 0 Å². The molecule has 2 aromatic rings. The highest BCUT2D eigenvalue weighted by Gasteiger charge is 2.05. The van der Waals surface area contributed by atoms with Crippen LogP contribution in [0.15, 0.2) is 17.2 Å². The second-order valence-electron chi connectivity index (χ2n) is 3.62. The molecule has 0 aliphatic rings. The molecule has 15 heavy (non-hydrogen) atoms. The topological polar surface area (TPSA) is 45.8 Å². The van der Waals surface area contributed by atoms with E-state index >= 15 is 0 Å². The summed E-state index contributed by atoms with van der Waals surface area (Å²) in [6.07, 6.45) is 6.20. The van der Waals surface area contributed by atoms with Crippen molar-refractivity contribution in [2.75, 3.05) is 0 Å². The molecule has 3 nitrogen and oxygen atoms in total. The van der Waals surface area contributed by atoms with Gasteiger partial charge in [0.2, 0.25) is 0 Å². The SMILES string of the molecule is CCCCCc1cc2c(=O)[nH]cnc2s1. The van der Waals surface area contributed by atoms with Gasteiger partial charge < -0.3 is 4.98 Å². The summed E-state index contributed by atoms with van der Waals surface area (Å²) in [5.41, 5.74) is -0.0296. The summed E-state index contributed by atoms with van der Waals surface area (Å²) in [4.78, 5) is 20.3. The average Bonchev–Trinajstić information content (AvgIpc) is 2.63. The van der Waals surface area contributed by atoms with Gasteiger partial charge in [0.15, 0.2) is 0 Å². The molecule has 0 aliphatic carbocycles. The van der Waals surface area contributed by atoms with Gasteiger partial charge in [-0.2, -0.15) is 0 Å². The van der Waals surface area contributed by atoms with Crippen LogP contribution in [0, 0.1) is 0 Å². The smallest absolute Gasteiger partial charge is 0.259 e. The van der Waals surface area contributed by atoms with Crippen LogP contribution in [0.5, 0.6) is 0 Å². The van der Waals surface area contributed by atoms with E-state index in [4.69, 9.17) is 0 Å². The number of aromatic nitrogens is 2. The van der Waals surface area contributed by atoms with E-state index in [1.807, 2.05) is 6.07 Å². The molecule has 0 saturated heterocycles. The van der Waals surface area contributed by atoms with Crippen LogP contribution >= 0.6 is 11.3 Å². The van der Waals surface area contributed by atoms with Gasteiger partial charge in [0.1, 0.15) is 4.83 Å². The first-order valence-electron chi connectivity index (χ1n) is 5.27. The molecule has 2 rings (SSSR count). The number of nitrogens with zero attached hydrogens (tertiary/aromatic N) is 1. The Hall–Kier alpha value is -1.16. The molecule has 0 aliphatic heterocycles. The maximum absolute atomic E-state index is 11.4. The Morgan fingerprint density at radius 2 is 2.33 bits per heavy atom. The molecular formula is C11H14N2OS. The van der Waals surface area contributed by atoms with Crippen LogP contribution in [0.25, 0.3) is 10.2 Å². The summed E-state index contributed by atoms with van der Waals surface area (Å²) >= 11 is 1.63. The Labute approximate surface area is 92.2 Å². The maximum Gasteiger partial charge on any atom is 0.259 e. The van der Waals surface area contributed by atoms with E-state index in [0.29, 0.717) is 0 Å². The summed E-state index contributed by atoms with van der Waals surface area (Å²) in [6, 6.07) is 1.97. The third-order valence-electron chi connectivity index (χ3n) is 2.41. The molecule has 0 amide bonds. The van der Waals surface area contributed by atoms with Crippen LogP contribution in [0.2, 0.25) is 0 Å². The molecule has 0 atom stereocenters. The first kappa shape index (κ1) is 10.4. The van der Waals surface area contributed by atoms with Crippen molar-refractivity contribution in [1.29, 1.82) is 0 Å². The number of H-pyrrole nitrogens is 1. The molecule has 2 heterocycles. The molecule has 2 aromatic heterocycles. The minimum absolute atomic E-state index is 0.0296. The van der Waals surface area contributed by atoms with Gasteiger partial charge in [-0.3, -0.25) is 4.79 Å². The summed E-state index contributed by atoms with van der Waals surface area (Å²) in [5, 5.41) is 0.731. The van der Waals surface area contributed by atoms with Crippen LogP contribution in [0.1, 0.15) is 31.1 Å². The Balaban J connectivity index is 2.24. The van der Waals surface area contributed by atoms with Crippen molar-refractivity contribution in [3.05, 3.63) is 27.6 Å². The van der Waals surface area contributed by atoms with E-state index in [2.05, 4.69) is 16.9 Å². The summed E-state index contributed by atoms with van der Waals surface area (Å²) in [6.45, 7) is 2.19. The molecular weight excluding hydrogens is 208 g/mol. The standard InChI is InChI=1S/C11H14N2OS/c1-2-3-4-5-8-6-9-10(14)12-7-13-11(9)15-8/h6-7H,2-5H2,1H3,(H,12,13,14). The van der Waals surface area contributed by atoms with E-state index < -0.39 is 0 Å². The number of hydrogen-bond acceptors (Lipinski definition) is 3. The lowest BCUT2D eigenvalue weighted by Crippen LogP contribution is -2.03. The largest absolute Gasteiger partial charge is 0.313 e. The van der Waals surface area contributed by atoms with Crippen molar-refractivity contribution in [2.45, 2.75) is 32.6 Å². The minimum atomic E-state index is -0.0296. The Morgan fingerprint density at radius 1 is 1.47 bits per heavy atom. The summed E-state index contributed by atoms with van der Waals surface area (Å²) in [7, 11) is 0. The fraction of sp³-hybridized carbons (Fsp3) is 0.455. The molecule has 80 valence electrons. The molecule has 0 aromatic carbocycles. The lowest BCUT2D eigenvalue weighted by Gasteiger charge is -1.93. The first-order chi connectivity index (χ1) is 7.31. The number of nitrogens with one attached hydrogen (secondary N) is 1. The third kappa shape index (κ3) is 2.26. The van der Waals surface area contributed by atoms with Crippen molar-refractivity contribution >= 4 is 21.6 Å². The predicted octanol–water partition coefficient (Wildman–Crippen LogP) is 2.72. The van der Waals surface area contributed by atoms with E-state index in [0.717, 1.165) is 16.6 Å². The van der Waals surface area contributed by atoms with Crippen LogP contribution < -0.4 is 5.56 Å². The normalized spacial score (nSPS) is 11.0. The highest BCUT2D eigenvalue weighted by atomic mass is 32.1. The lowest BCUT2D eigenvalue weighted by molar-refractivity contribution is 0.723. The molecule has 0 spiro atoms. The van der Waals surface area contributed by atoms with Gasteiger partial charge in [0, 0.05) is 4.88 Å². The van der Waals surface area contributed by atoms with Crippen molar-refractivity contribution < 1.29 is 0 Å². The zero-order valence-electron chi connectivity index (χ0n) is 8.75.